The van der Waals surface area contributed by atoms with Gasteiger partial charge in [-0.25, -0.2) is 4.39 Å². The topological polar surface area (TPSA) is 72.9 Å². The summed E-state index contributed by atoms with van der Waals surface area (Å²) >= 11 is 0. The lowest BCUT2D eigenvalue weighted by Crippen LogP contribution is -2.28. The smallest absolute Gasteiger partial charge is 0.253 e. The van der Waals surface area contributed by atoms with E-state index in [4.69, 9.17) is 5.73 Å². The number of nitrogen functional groups attached to an aromatic ring is 1. The lowest BCUT2D eigenvalue weighted by Gasteiger charge is -2.07. The standard InChI is InChI=1S/C13H15FN4O/c1-9-7-17-18(8-9)5-4-16-13(19)11-3-2-10(14)6-12(11)15/h2-3,6-8H,4-5,15H2,1H3,(H,16,19). The SMILES string of the molecule is Cc1cnn(CCNC(=O)c2ccc(F)cc2N)c1. The zero-order chi connectivity index (χ0) is 13.8. The molecule has 0 unspecified atom stereocenters. The van der Waals surface area contributed by atoms with Crippen LogP contribution in [0.15, 0.2) is 30.6 Å². The Bertz CT molecular complexity index is 594. The third-order valence-corrected chi connectivity index (χ3v) is 2.65. The molecule has 6 heteroatoms. The Labute approximate surface area is 110 Å². The first kappa shape index (κ1) is 13.1. The molecule has 0 saturated carbocycles. The number of benzene rings is 1. The van der Waals surface area contributed by atoms with Gasteiger partial charge in [0, 0.05) is 18.4 Å². The van der Waals surface area contributed by atoms with Crippen molar-refractivity contribution in [3.63, 3.8) is 0 Å². The summed E-state index contributed by atoms with van der Waals surface area (Å²) < 4.78 is 14.6. The molecular formula is C13H15FN4O. The molecule has 0 aliphatic heterocycles. The highest BCUT2D eigenvalue weighted by Crippen LogP contribution is 2.12. The van der Waals surface area contributed by atoms with Gasteiger partial charge in [0.2, 0.25) is 0 Å². The fraction of sp³-hybridized carbons (Fsp3) is 0.231. The van der Waals surface area contributed by atoms with E-state index in [0.29, 0.717) is 13.1 Å². The van der Waals surface area contributed by atoms with Crippen molar-refractivity contribution in [1.82, 2.24) is 15.1 Å². The van der Waals surface area contributed by atoms with Gasteiger partial charge in [0.1, 0.15) is 5.82 Å². The number of aromatic nitrogens is 2. The number of amides is 1. The second-order valence-corrected chi connectivity index (χ2v) is 4.27. The van der Waals surface area contributed by atoms with Crippen molar-refractivity contribution in [2.75, 3.05) is 12.3 Å². The van der Waals surface area contributed by atoms with Crippen molar-refractivity contribution in [2.24, 2.45) is 0 Å². The predicted octanol–water partition coefficient (Wildman–Crippen LogP) is 1.34. The molecule has 1 heterocycles. The normalized spacial score (nSPS) is 10.4. The van der Waals surface area contributed by atoms with Crippen molar-refractivity contribution >= 4 is 11.6 Å². The van der Waals surface area contributed by atoms with Gasteiger partial charge >= 0.3 is 0 Å². The Morgan fingerprint density at radius 1 is 1.53 bits per heavy atom. The molecule has 1 aromatic carbocycles. The third-order valence-electron chi connectivity index (χ3n) is 2.65. The lowest BCUT2D eigenvalue weighted by molar-refractivity contribution is 0.0953. The van der Waals surface area contributed by atoms with Crippen molar-refractivity contribution in [3.8, 4) is 0 Å². The van der Waals surface area contributed by atoms with Crippen LogP contribution in [0.3, 0.4) is 0 Å². The molecule has 0 fully saturated rings. The fourth-order valence-corrected chi connectivity index (χ4v) is 1.71. The first-order chi connectivity index (χ1) is 9.06. The maximum absolute atomic E-state index is 12.9. The Kier molecular flexibility index (Phi) is 3.79. The van der Waals surface area contributed by atoms with Crippen LogP contribution < -0.4 is 11.1 Å². The van der Waals surface area contributed by atoms with E-state index < -0.39 is 5.82 Å². The van der Waals surface area contributed by atoms with E-state index in [1.807, 2.05) is 13.1 Å². The highest BCUT2D eigenvalue weighted by Gasteiger charge is 2.09. The van der Waals surface area contributed by atoms with Crippen LogP contribution >= 0.6 is 0 Å². The molecule has 2 rings (SSSR count). The highest BCUT2D eigenvalue weighted by molar-refractivity contribution is 5.99. The van der Waals surface area contributed by atoms with Crippen LogP contribution in [0.25, 0.3) is 0 Å². The molecule has 0 radical (unpaired) electrons. The summed E-state index contributed by atoms with van der Waals surface area (Å²) in [5.41, 5.74) is 7.06. The summed E-state index contributed by atoms with van der Waals surface area (Å²) in [5.74, 6) is -0.776. The number of halogens is 1. The van der Waals surface area contributed by atoms with Crippen molar-refractivity contribution in [2.45, 2.75) is 13.5 Å². The first-order valence-corrected chi connectivity index (χ1v) is 5.88. The molecule has 0 aliphatic rings. The van der Waals surface area contributed by atoms with Gasteiger partial charge in [-0.2, -0.15) is 5.10 Å². The van der Waals surface area contributed by atoms with E-state index in [2.05, 4.69) is 10.4 Å². The Morgan fingerprint density at radius 2 is 2.32 bits per heavy atom. The highest BCUT2D eigenvalue weighted by atomic mass is 19.1. The van der Waals surface area contributed by atoms with Gasteiger partial charge in [0.25, 0.3) is 5.91 Å². The number of nitrogens with two attached hydrogens (primary N) is 1. The Balaban J connectivity index is 1.90. The van der Waals surface area contributed by atoms with E-state index in [0.717, 1.165) is 11.6 Å². The van der Waals surface area contributed by atoms with Crippen LogP contribution in [0.2, 0.25) is 0 Å². The number of nitrogens with zero attached hydrogens (tertiary/aromatic N) is 2. The molecule has 0 spiro atoms. The van der Waals surface area contributed by atoms with E-state index in [-0.39, 0.29) is 17.2 Å². The van der Waals surface area contributed by atoms with Gasteiger partial charge in [-0.15, -0.1) is 0 Å². The molecule has 1 aromatic heterocycles. The second-order valence-electron chi connectivity index (χ2n) is 4.27. The number of carbonyl (C=O) groups is 1. The minimum Gasteiger partial charge on any atom is -0.398 e. The number of hydrogen-bond acceptors (Lipinski definition) is 3. The zero-order valence-electron chi connectivity index (χ0n) is 10.6. The lowest BCUT2D eigenvalue weighted by atomic mass is 10.1. The molecule has 100 valence electrons. The molecule has 0 bridgehead atoms. The van der Waals surface area contributed by atoms with E-state index in [1.54, 1.807) is 10.9 Å². The summed E-state index contributed by atoms with van der Waals surface area (Å²) in [5, 5.41) is 6.82. The molecule has 3 N–H and O–H groups in total. The number of hydrogen-bond donors (Lipinski definition) is 2. The van der Waals surface area contributed by atoms with Crippen LogP contribution in [-0.4, -0.2) is 22.2 Å². The summed E-state index contributed by atoms with van der Waals surface area (Å²) in [6.45, 7) is 2.94. The van der Waals surface area contributed by atoms with Crippen molar-refractivity contribution in [1.29, 1.82) is 0 Å². The van der Waals surface area contributed by atoms with Crippen molar-refractivity contribution in [3.05, 3.63) is 47.5 Å². The fourth-order valence-electron chi connectivity index (χ4n) is 1.71. The number of rotatable bonds is 4. The Morgan fingerprint density at radius 3 is 2.95 bits per heavy atom. The first-order valence-electron chi connectivity index (χ1n) is 5.88. The van der Waals surface area contributed by atoms with E-state index >= 15 is 0 Å². The minimum atomic E-state index is -0.457. The molecule has 5 nitrogen and oxygen atoms in total. The monoisotopic (exact) mass is 262 g/mol. The average Bonchev–Trinajstić information content (AvgIpc) is 2.75. The molecule has 1 amide bonds. The van der Waals surface area contributed by atoms with Gasteiger partial charge in [0.15, 0.2) is 0 Å². The molecule has 0 atom stereocenters. The third kappa shape index (κ3) is 3.31. The average molecular weight is 262 g/mol. The number of nitrogens with one attached hydrogen (secondary N) is 1. The van der Waals surface area contributed by atoms with Crippen LogP contribution in [-0.2, 0) is 6.54 Å². The zero-order valence-corrected chi connectivity index (χ0v) is 10.6. The van der Waals surface area contributed by atoms with Gasteiger partial charge in [-0.3, -0.25) is 9.48 Å². The van der Waals surface area contributed by atoms with Gasteiger partial charge < -0.3 is 11.1 Å². The van der Waals surface area contributed by atoms with E-state index in [9.17, 15) is 9.18 Å². The van der Waals surface area contributed by atoms with Crippen LogP contribution in [0.4, 0.5) is 10.1 Å². The van der Waals surface area contributed by atoms with Crippen LogP contribution in [0.1, 0.15) is 15.9 Å². The van der Waals surface area contributed by atoms with Crippen LogP contribution in [0.5, 0.6) is 0 Å². The summed E-state index contributed by atoms with van der Waals surface area (Å²) in [7, 11) is 0. The van der Waals surface area contributed by atoms with Crippen LogP contribution in [0, 0.1) is 12.7 Å². The largest absolute Gasteiger partial charge is 0.398 e. The molecule has 0 saturated heterocycles. The Hall–Kier alpha value is -2.37. The molecule has 19 heavy (non-hydrogen) atoms. The predicted molar refractivity (Wildman–Crippen MR) is 70.1 cm³/mol. The molecule has 2 aromatic rings. The molecule has 0 aliphatic carbocycles. The summed E-state index contributed by atoms with van der Waals surface area (Å²) in [6, 6.07) is 3.71. The van der Waals surface area contributed by atoms with Gasteiger partial charge in [-0.05, 0) is 30.7 Å². The number of anilines is 1. The minimum absolute atomic E-state index is 0.132. The van der Waals surface area contributed by atoms with Gasteiger partial charge in [0.05, 0.1) is 18.3 Å². The molecular weight excluding hydrogens is 247 g/mol. The number of aryl methyl sites for hydroxylation is 1. The van der Waals surface area contributed by atoms with Gasteiger partial charge in [-0.1, -0.05) is 0 Å². The number of carbonyl (C=O) groups excluding carboxylic acids is 1. The van der Waals surface area contributed by atoms with E-state index in [1.165, 1.54) is 12.1 Å². The quantitative estimate of drug-likeness (QED) is 0.817. The van der Waals surface area contributed by atoms with Crippen molar-refractivity contribution < 1.29 is 9.18 Å². The summed E-state index contributed by atoms with van der Waals surface area (Å²) in [4.78, 5) is 11.8. The second kappa shape index (κ2) is 5.51. The summed E-state index contributed by atoms with van der Waals surface area (Å²) in [6.07, 6.45) is 3.64. The maximum Gasteiger partial charge on any atom is 0.253 e. The maximum atomic E-state index is 12.9.